The van der Waals surface area contributed by atoms with Gasteiger partial charge in [0.2, 0.25) is 10.0 Å². The molecule has 0 aliphatic heterocycles. The predicted molar refractivity (Wildman–Crippen MR) is 81.1 cm³/mol. The van der Waals surface area contributed by atoms with E-state index in [1.807, 2.05) is 0 Å². The normalized spacial score (nSPS) is 12.0. The van der Waals surface area contributed by atoms with Crippen LogP contribution in [0.5, 0.6) is 0 Å². The Labute approximate surface area is 127 Å². The maximum atomic E-state index is 13.6. The van der Waals surface area contributed by atoms with Crippen molar-refractivity contribution >= 4 is 27.0 Å². The van der Waals surface area contributed by atoms with Gasteiger partial charge in [-0.1, -0.05) is 0 Å². The van der Waals surface area contributed by atoms with E-state index < -0.39 is 15.8 Å². The zero-order valence-electron chi connectivity index (χ0n) is 11.9. The number of thiazole rings is 1. The van der Waals surface area contributed by atoms with Crippen molar-refractivity contribution in [3.05, 3.63) is 39.6 Å². The first-order chi connectivity index (χ1) is 9.75. The van der Waals surface area contributed by atoms with E-state index in [4.69, 9.17) is 5.73 Å². The highest BCUT2D eigenvalue weighted by molar-refractivity contribution is 7.89. The van der Waals surface area contributed by atoms with Crippen LogP contribution in [-0.4, -0.2) is 24.8 Å². The van der Waals surface area contributed by atoms with Crippen LogP contribution in [0.25, 0.3) is 0 Å². The van der Waals surface area contributed by atoms with Gasteiger partial charge in [-0.3, -0.25) is 0 Å². The summed E-state index contributed by atoms with van der Waals surface area (Å²) in [7, 11) is -2.30. The fourth-order valence-corrected chi connectivity index (χ4v) is 4.24. The van der Waals surface area contributed by atoms with E-state index in [1.54, 1.807) is 17.8 Å². The Morgan fingerprint density at radius 1 is 1.43 bits per heavy atom. The maximum absolute atomic E-state index is 13.6. The second-order valence-corrected chi connectivity index (χ2v) is 7.48. The number of aromatic nitrogens is 1. The number of hydrogen-bond donors (Lipinski definition) is 1. The van der Waals surface area contributed by atoms with Crippen LogP contribution in [0.1, 0.15) is 16.8 Å². The molecule has 1 heterocycles. The highest BCUT2D eigenvalue weighted by Crippen LogP contribution is 2.29. The Morgan fingerprint density at radius 3 is 2.67 bits per heavy atom. The fourth-order valence-electron chi connectivity index (χ4n) is 2.11. The molecule has 2 N–H and O–H groups in total. The Bertz CT molecular complexity index is 758. The number of rotatable bonds is 4. The highest BCUT2D eigenvalue weighted by Gasteiger charge is 2.27. The average molecular weight is 329 g/mol. The minimum atomic E-state index is -3.76. The van der Waals surface area contributed by atoms with Crippen molar-refractivity contribution in [1.82, 2.24) is 9.29 Å². The first-order valence-electron chi connectivity index (χ1n) is 6.13. The third-order valence-electron chi connectivity index (χ3n) is 3.24. The molecule has 0 aliphatic carbocycles. The molecule has 0 atom stereocenters. The van der Waals surface area contributed by atoms with Crippen molar-refractivity contribution in [2.75, 3.05) is 12.8 Å². The van der Waals surface area contributed by atoms with Crippen LogP contribution in [-0.2, 0) is 16.6 Å². The van der Waals surface area contributed by atoms with Crippen LogP contribution in [0.15, 0.2) is 21.9 Å². The standard InChI is InChI=1S/C13H16FN3O2S2/c1-8-4-11(14)12(15)9(2)13(8)21(18,19)17(3)5-10-6-20-7-16-10/h4,6-7H,5,15H2,1-3H3. The van der Waals surface area contributed by atoms with E-state index in [0.29, 0.717) is 11.3 Å². The molecular weight excluding hydrogens is 313 g/mol. The second kappa shape index (κ2) is 5.70. The molecule has 0 saturated heterocycles. The monoisotopic (exact) mass is 329 g/mol. The molecule has 0 unspecified atom stereocenters. The molecule has 5 nitrogen and oxygen atoms in total. The van der Waals surface area contributed by atoms with E-state index in [9.17, 15) is 12.8 Å². The Balaban J connectivity index is 2.47. The molecule has 114 valence electrons. The summed E-state index contributed by atoms with van der Waals surface area (Å²) in [5.41, 5.74) is 8.35. The van der Waals surface area contributed by atoms with E-state index in [1.165, 1.54) is 29.6 Å². The number of nitrogens with zero attached hydrogens (tertiary/aromatic N) is 2. The summed E-state index contributed by atoms with van der Waals surface area (Å²) >= 11 is 1.40. The average Bonchev–Trinajstić information content (AvgIpc) is 2.88. The molecule has 8 heteroatoms. The van der Waals surface area contributed by atoms with Crippen LogP contribution in [0, 0.1) is 19.7 Å². The quantitative estimate of drug-likeness (QED) is 0.873. The van der Waals surface area contributed by atoms with Crippen LogP contribution >= 0.6 is 11.3 Å². The van der Waals surface area contributed by atoms with Gasteiger partial charge in [0.05, 0.1) is 28.3 Å². The second-order valence-electron chi connectivity index (χ2n) is 4.78. The van der Waals surface area contributed by atoms with Crippen LogP contribution in [0.4, 0.5) is 10.1 Å². The third-order valence-corrected chi connectivity index (χ3v) is 5.97. The molecule has 0 spiro atoms. The van der Waals surface area contributed by atoms with Gasteiger partial charge in [-0.2, -0.15) is 4.31 Å². The Kier molecular flexibility index (Phi) is 4.31. The van der Waals surface area contributed by atoms with Gasteiger partial charge in [0.15, 0.2) is 0 Å². The summed E-state index contributed by atoms with van der Waals surface area (Å²) in [6.45, 7) is 3.22. The highest BCUT2D eigenvalue weighted by atomic mass is 32.2. The van der Waals surface area contributed by atoms with Gasteiger partial charge in [0, 0.05) is 12.4 Å². The molecule has 0 amide bonds. The van der Waals surface area contributed by atoms with Crippen molar-refractivity contribution in [1.29, 1.82) is 0 Å². The predicted octanol–water partition coefficient (Wildman–Crippen LogP) is 2.30. The third kappa shape index (κ3) is 2.92. The van der Waals surface area contributed by atoms with Crippen molar-refractivity contribution in [2.24, 2.45) is 0 Å². The molecule has 21 heavy (non-hydrogen) atoms. The molecule has 0 fully saturated rings. The fraction of sp³-hybridized carbons (Fsp3) is 0.308. The molecule has 1 aromatic carbocycles. The van der Waals surface area contributed by atoms with Crippen LogP contribution in [0.2, 0.25) is 0 Å². The lowest BCUT2D eigenvalue weighted by Crippen LogP contribution is -2.28. The van der Waals surface area contributed by atoms with Crippen molar-refractivity contribution in [2.45, 2.75) is 25.3 Å². The van der Waals surface area contributed by atoms with E-state index in [2.05, 4.69) is 4.98 Å². The van der Waals surface area contributed by atoms with Crippen molar-refractivity contribution in [3.8, 4) is 0 Å². The lowest BCUT2D eigenvalue weighted by molar-refractivity contribution is 0.462. The minimum absolute atomic E-state index is 0.0547. The number of hydrogen-bond acceptors (Lipinski definition) is 5. The number of sulfonamides is 1. The van der Waals surface area contributed by atoms with Crippen molar-refractivity contribution in [3.63, 3.8) is 0 Å². The number of halogens is 1. The topological polar surface area (TPSA) is 76.3 Å². The number of anilines is 1. The molecule has 0 aliphatic rings. The SMILES string of the molecule is Cc1cc(F)c(N)c(C)c1S(=O)(=O)N(C)Cc1cscn1. The van der Waals surface area contributed by atoms with E-state index >= 15 is 0 Å². The Morgan fingerprint density at radius 2 is 2.10 bits per heavy atom. The van der Waals surface area contributed by atoms with Gasteiger partial charge >= 0.3 is 0 Å². The smallest absolute Gasteiger partial charge is 0.243 e. The summed E-state index contributed by atoms with van der Waals surface area (Å²) in [4.78, 5) is 4.12. The first kappa shape index (κ1) is 15.9. The van der Waals surface area contributed by atoms with Gasteiger partial charge in [-0.05, 0) is 31.0 Å². The lowest BCUT2D eigenvalue weighted by Gasteiger charge is -2.20. The molecule has 2 aromatic rings. The summed E-state index contributed by atoms with van der Waals surface area (Å²) in [6.07, 6.45) is 0. The van der Waals surface area contributed by atoms with Gasteiger partial charge in [-0.15, -0.1) is 11.3 Å². The van der Waals surface area contributed by atoms with Gasteiger partial charge in [0.25, 0.3) is 0 Å². The number of benzene rings is 1. The molecule has 0 saturated carbocycles. The van der Waals surface area contributed by atoms with E-state index in [-0.39, 0.29) is 22.7 Å². The zero-order valence-corrected chi connectivity index (χ0v) is 13.6. The zero-order chi connectivity index (χ0) is 15.8. The number of nitrogen functional groups attached to an aromatic ring is 1. The van der Waals surface area contributed by atoms with Crippen LogP contribution in [0.3, 0.4) is 0 Å². The van der Waals surface area contributed by atoms with E-state index in [0.717, 1.165) is 6.07 Å². The van der Waals surface area contributed by atoms with Gasteiger partial charge in [-0.25, -0.2) is 17.8 Å². The number of nitrogens with two attached hydrogens (primary N) is 1. The van der Waals surface area contributed by atoms with Crippen molar-refractivity contribution < 1.29 is 12.8 Å². The maximum Gasteiger partial charge on any atom is 0.243 e. The molecule has 0 bridgehead atoms. The van der Waals surface area contributed by atoms with Gasteiger partial charge < -0.3 is 5.73 Å². The summed E-state index contributed by atoms with van der Waals surface area (Å²) in [5.74, 6) is -0.605. The van der Waals surface area contributed by atoms with Gasteiger partial charge in [0.1, 0.15) is 5.82 Å². The largest absolute Gasteiger partial charge is 0.396 e. The number of aryl methyl sites for hydroxylation is 1. The summed E-state index contributed by atoms with van der Waals surface area (Å²) < 4.78 is 40.1. The summed E-state index contributed by atoms with van der Waals surface area (Å²) in [6, 6.07) is 1.14. The molecule has 1 aromatic heterocycles. The molecule has 2 rings (SSSR count). The molecular formula is C13H16FN3O2S2. The van der Waals surface area contributed by atoms with Crippen LogP contribution < -0.4 is 5.73 Å². The molecule has 0 radical (unpaired) electrons. The minimum Gasteiger partial charge on any atom is -0.396 e. The Hall–Kier alpha value is -1.51. The lowest BCUT2D eigenvalue weighted by atomic mass is 10.1. The first-order valence-corrected chi connectivity index (χ1v) is 8.52. The summed E-state index contributed by atoms with van der Waals surface area (Å²) in [5, 5.41) is 1.78.